The predicted molar refractivity (Wildman–Crippen MR) is 90.8 cm³/mol. The normalized spacial score (nSPS) is 16.9. The van der Waals surface area contributed by atoms with Crippen molar-refractivity contribution < 1.29 is 4.74 Å². The van der Waals surface area contributed by atoms with E-state index in [9.17, 15) is 0 Å². The Hall–Kier alpha value is -2.74. The highest BCUT2D eigenvalue weighted by molar-refractivity contribution is 5.59. The molecule has 1 aliphatic heterocycles. The fraction of sp³-hybridized carbons (Fsp3) is 0.333. The minimum absolute atomic E-state index is 0.522. The summed E-state index contributed by atoms with van der Waals surface area (Å²) in [5.41, 5.74) is 1.74. The van der Waals surface area contributed by atoms with Crippen LogP contribution in [0.2, 0.25) is 0 Å². The molecule has 1 saturated heterocycles. The zero-order valence-corrected chi connectivity index (χ0v) is 13.2. The van der Waals surface area contributed by atoms with Crippen molar-refractivity contribution in [1.82, 2.24) is 4.98 Å². The Bertz CT molecular complexity index is 710. The molecule has 0 bridgehead atoms. The zero-order valence-electron chi connectivity index (χ0n) is 13.2. The van der Waals surface area contributed by atoms with Crippen LogP contribution in [0.3, 0.4) is 0 Å². The lowest BCUT2D eigenvalue weighted by Gasteiger charge is -2.21. The summed E-state index contributed by atoms with van der Waals surface area (Å²) in [6.45, 7) is 2.81. The second-order valence-electron chi connectivity index (χ2n) is 5.66. The first-order chi connectivity index (χ1) is 11.3. The van der Waals surface area contributed by atoms with Gasteiger partial charge in [0, 0.05) is 25.8 Å². The first-order valence-corrected chi connectivity index (χ1v) is 7.78. The van der Waals surface area contributed by atoms with Crippen LogP contribution >= 0.6 is 0 Å². The van der Waals surface area contributed by atoms with Crippen molar-refractivity contribution in [2.45, 2.75) is 6.42 Å². The topological polar surface area (TPSA) is 61.2 Å². The van der Waals surface area contributed by atoms with Gasteiger partial charge in [-0.25, -0.2) is 4.98 Å². The number of anilines is 2. The number of para-hydroxylation sites is 2. The van der Waals surface area contributed by atoms with E-state index in [1.165, 1.54) is 0 Å². The number of nitrogens with one attached hydrogen (secondary N) is 1. The SMILES string of the molecule is COc1ccccc1N1CC[C@@H](CNc2ncccc2C#N)C1. The first kappa shape index (κ1) is 15.2. The number of ether oxygens (including phenoxy) is 1. The number of nitrogens with zero attached hydrogens (tertiary/aromatic N) is 3. The van der Waals surface area contributed by atoms with Crippen molar-refractivity contribution in [1.29, 1.82) is 5.26 Å². The molecule has 1 aromatic heterocycles. The lowest BCUT2D eigenvalue weighted by atomic mass is 10.1. The Balaban J connectivity index is 1.61. The Labute approximate surface area is 136 Å². The lowest BCUT2D eigenvalue weighted by Crippen LogP contribution is -2.23. The van der Waals surface area contributed by atoms with E-state index in [0.717, 1.165) is 37.5 Å². The highest BCUT2D eigenvalue weighted by Gasteiger charge is 2.24. The Kier molecular flexibility index (Phi) is 4.62. The monoisotopic (exact) mass is 308 g/mol. The highest BCUT2D eigenvalue weighted by atomic mass is 16.5. The third-order valence-corrected chi connectivity index (χ3v) is 4.20. The van der Waals surface area contributed by atoms with E-state index in [0.29, 0.717) is 17.3 Å². The van der Waals surface area contributed by atoms with Crippen molar-refractivity contribution in [2.75, 3.05) is 37.0 Å². The maximum atomic E-state index is 9.11. The molecular formula is C18H20N4O. The highest BCUT2D eigenvalue weighted by Crippen LogP contribution is 2.32. The molecule has 23 heavy (non-hydrogen) atoms. The van der Waals surface area contributed by atoms with Gasteiger partial charge in [-0.2, -0.15) is 5.26 Å². The van der Waals surface area contributed by atoms with Crippen molar-refractivity contribution in [3.8, 4) is 11.8 Å². The second kappa shape index (κ2) is 7.01. The van der Waals surface area contributed by atoms with Crippen LogP contribution < -0.4 is 15.0 Å². The van der Waals surface area contributed by atoms with Crippen LogP contribution in [0.5, 0.6) is 5.75 Å². The number of aromatic nitrogens is 1. The quantitative estimate of drug-likeness (QED) is 0.920. The smallest absolute Gasteiger partial charge is 0.143 e. The van der Waals surface area contributed by atoms with Crippen LogP contribution in [0.25, 0.3) is 0 Å². The Morgan fingerprint density at radius 2 is 2.22 bits per heavy atom. The summed E-state index contributed by atoms with van der Waals surface area (Å²) in [5, 5.41) is 12.4. The summed E-state index contributed by atoms with van der Waals surface area (Å²) < 4.78 is 5.45. The molecule has 1 N–H and O–H groups in total. The molecule has 0 unspecified atom stereocenters. The molecule has 0 spiro atoms. The van der Waals surface area contributed by atoms with E-state index in [1.807, 2.05) is 18.2 Å². The average molecular weight is 308 g/mol. The van der Waals surface area contributed by atoms with Gasteiger partial charge in [-0.15, -0.1) is 0 Å². The third kappa shape index (κ3) is 3.37. The maximum Gasteiger partial charge on any atom is 0.143 e. The Morgan fingerprint density at radius 1 is 1.35 bits per heavy atom. The molecule has 3 rings (SSSR count). The molecule has 0 radical (unpaired) electrons. The summed E-state index contributed by atoms with van der Waals surface area (Å²) in [5.74, 6) is 2.11. The first-order valence-electron chi connectivity index (χ1n) is 7.78. The molecule has 0 amide bonds. The van der Waals surface area contributed by atoms with E-state index in [4.69, 9.17) is 10.00 Å². The summed E-state index contributed by atoms with van der Waals surface area (Å²) >= 11 is 0. The summed E-state index contributed by atoms with van der Waals surface area (Å²) in [4.78, 5) is 6.60. The van der Waals surface area contributed by atoms with Crippen LogP contribution in [0.1, 0.15) is 12.0 Å². The van der Waals surface area contributed by atoms with Crippen LogP contribution in [0.4, 0.5) is 11.5 Å². The number of hydrogen-bond donors (Lipinski definition) is 1. The van der Waals surface area contributed by atoms with E-state index < -0.39 is 0 Å². The molecule has 118 valence electrons. The van der Waals surface area contributed by atoms with Gasteiger partial charge in [0.15, 0.2) is 0 Å². The average Bonchev–Trinajstić information content (AvgIpc) is 3.09. The number of hydrogen-bond acceptors (Lipinski definition) is 5. The standard InChI is InChI=1S/C18H20N4O/c1-23-17-7-3-2-6-16(17)22-10-8-14(13-22)12-21-18-15(11-19)5-4-9-20-18/h2-7,9,14H,8,10,12-13H2,1H3,(H,20,21)/t14-/m0/s1. The van der Waals surface area contributed by atoms with E-state index >= 15 is 0 Å². The van der Waals surface area contributed by atoms with Gasteiger partial charge in [0.25, 0.3) is 0 Å². The molecule has 5 heteroatoms. The number of pyridine rings is 1. The van der Waals surface area contributed by atoms with Crippen LogP contribution in [-0.2, 0) is 0 Å². The fourth-order valence-corrected chi connectivity index (χ4v) is 2.99. The molecule has 1 aromatic carbocycles. The van der Waals surface area contributed by atoms with Gasteiger partial charge < -0.3 is 15.0 Å². The molecule has 5 nitrogen and oxygen atoms in total. The second-order valence-corrected chi connectivity index (χ2v) is 5.66. The Morgan fingerprint density at radius 3 is 3.04 bits per heavy atom. The number of benzene rings is 1. The van der Waals surface area contributed by atoms with Crippen molar-refractivity contribution in [3.05, 3.63) is 48.2 Å². The number of nitriles is 1. The van der Waals surface area contributed by atoms with Crippen molar-refractivity contribution >= 4 is 11.5 Å². The number of methoxy groups -OCH3 is 1. The maximum absolute atomic E-state index is 9.11. The minimum atomic E-state index is 0.522. The van der Waals surface area contributed by atoms with Gasteiger partial charge in [-0.3, -0.25) is 0 Å². The van der Waals surface area contributed by atoms with Crippen LogP contribution in [0, 0.1) is 17.2 Å². The zero-order chi connectivity index (χ0) is 16.1. The summed E-state index contributed by atoms with van der Waals surface area (Å²) in [6, 6.07) is 13.9. The van der Waals surface area contributed by atoms with E-state index in [-0.39, 0.29) is 0 Å². The fourth-order valence-electron chi connectivity index (χ4n) is 2.99. The van der Waals surface area contributed by atoms with Crippen LogP contribution in [-0.4, -0.2) is 31.7 Å². The lowest BCUT2D eigenvalue weighted by molar-refractivity contribution is 0.414. The van der Waals surface area contributed by atoms with E-state index in [1.54, 1.807) is 25.4 Å². The van der Waals surface area contributed by atoms with Gasteiger partial charge in [0.1, 0.15) is 17.6 Å². The van der Waals surface area contributed by atoms with Gasteiger partial charge in [0.05, 0.1) is 18.4 Å². The largest absolute Gasteiger partial charge is 0.495 e. The molecule has 0 saturated carbocycles. The molecule has 1 atom stereocenters. The molecular weight excluding hydrogens is 288 g/mol. The van der Waals surface area contributed by atoms with Gasteiger partial charge in [-0.1, -0.05) is 12.1 Å². The molecule has 1 aliphatic rings. The molecule has 1 fully saturated rings. The summed E-state index contributed by atoms with van der Waals surface area (Å²) in [7, 11) is 1.71. The minimum Gasteiger partial charge on any atom is -0.495 e. The van der Waals surface area contributed by atoms with Gasteiger partial charge >= 0.3 is 0 Å². The van der Waals surface area contributed by atoms with Crippen molar-refractivity contribution in [3.63, 3.8) is 0 Å². The third-order valence-electron chi connectivity index (χ3n) is 4.20. The van der Waals surface area contributed by atoms with Crippen molar-refractivity contribution in [2.24, 2.45) is 5.92 Å². The predicted octanol–water partition coefficient (Wildman–Crippen LogP) is 2.90. The van der Waals surface area contributed by atoms with Crippen LogP contribution in [0.15, 0.2) is 42.6 Å². The van der Waals surface area contributed by atoms with Gasteiger partial charge in [-0.05, 0) is 36.6 Å². The van der Waals surface area contributed by atoms with Gasteiger partial charge in [0.2, 0.25) is 0 Å². The summed E-state index contributed by atoms with van der Waals surface area (Å²) in [6.07, 6.45) is 2.82. The molecule has 2 heterocycles. The number of rotatable bonds is 5. The molecule has 2 aromatic rings. The molecule has 0 aliphatic carbocycles. The van der Waals surface area contributed by atoms with E-state index in [2.05, 4.69) is 27.3 Å².